The molecule has 0 saturated heterocycles. The highest BCUT2D eigenvalue weighted by molar-refractivity contribution is 14.1. The van der Waals surface area contributed by atoms with Crippen molar-refractivity contribution in [1.29, 1.82) is 0 Å². The van der Waals surface area contributed by atoms with Crippen LogP contribution < -0.4 is 10.4 Å². The highest BCUT2D eigenvalue weighted by atomic mass is 127. The maximum atomic E-state index is 6.78. The predicted octanol–water partition coefficient (Wildman–Crippen LogP) is 3.97. The van der Waals surface area contributed by atoms with Gasteiger partial charge in [-0.2, -0.15) is 0 Å². The molecule has 22 heavy (non-hydrogen) atoms. The van der Waals surface area contributed by atoms with E-state index in [0.717, 1.165) is 12.8 Å². The normalized spacial score (nSPS) is 18.0. The Balaban J connectivity index is 2.08. The third kappa shape index (κ3) is 2.98. The molecule has 0 saturated carbocycles. The summed E-state index contributed by atoms with van der Waals surface area (Å²) in [5.41, 5.74) is 2.07. The first-order valence-corrected chi connectivity index (χ1v) is 10.6. The summed E-state index contributed by atoms with van der Waals surface area (Å²) >= 11 is 2.41. The third-order valence-corrected chi connectivity index (χ3v) is 8.85. The molecule has 0 N–H and O–H groups in total. The van der Waals surface area contributed by atoms with Crippen LogP contribution in [0.1, 0.15) is 12.8 Å². The van der Waals surface area contributed by atoms with Crippen LogP contribution in [-0.2, 0) is 4.43 Å². The van der Waals surface area contributed by atoms with E-state index in [2.05, 4.69) is 102 Å². The zero-order chi connectivity index (χ0) is 15.4. The molecule has 1 unspecified atom stereocenters. The van der Waals surface area contributed by atoms with Crippen molar-refractivity contribution in [3.05, 3.63) is 82.6 Å². The number of benzene rings is 2. The van der Waals surface area contributed by atoms with Crippen molar-refractivity contribution < 1.29 is 4.43 Å². The number of hydrogen-bond acceptors (Lipinski definition) is 1. The van der Waals surface area contributed by atoms with Gasteiger partial charge < -0.3 is 4.43 Å². The number of halogens is 1. The summed E-state index contributed by atoms with van der Waals surface area (Å²) in [4.78, 5) is 0. The molecule has 1 aliphatic rings. The quantitative estimate of drug-likeness (QED) is 0.528. The van der Waals surface area contributed by atoms with Crippen LogP contribution in [0.4, 0.5) is 0 Å². The van der Waals surface area contributed by atoms with Gasteiger partial charge in [0, 0.05) is 3.58 Å². The Morgan fingerprint density at radius 3 is 1.95 bits per heavy atom. The molecule has 112 valence electrons. The minimum atomic E-state index is -2.41. The van der Waals surface area contributed by atoms with Crippen LogP contribution in [0.3, 0.4) is 0 Å². The summed E-state index contributed by atoms with van der Waals surface area (Å²) in [6.45, 7) is 4.17. The second-order valence-corrected chi connectivity index (χ2v) is 9.96. The molecule has 0 fully saturated rings. The number of allylic oxidation sites excluding steroid dienone is 1. The Hall–Kier alpha value is -1.17. The Morgan fingerprint density at radius 2 is 1.55 bits per heavy atom. The first-order chi connectivity index (χ1) is 10.8. The van der Waals surface area contributed by atoms with Crippen LogP contribution in [0, 0.1) is 0 Å². The number of rotatable bonds is 5. The van der Waals surface area contributed by atoms with Crippen molar-refractivity contribution in [2.45, 2.75) is 18.9 Å². The molecule has 3 heteroatoms. The van der Waals surface area contributed by atoms with Crippen LogP contribution in [0.2, 0.25) is 0 Å². The molecule has 1 atom stereocenters. The fourth-order valence-electron chi connectivity index (χ4n) is 2.94. The zero-order valence-electron chi connectivity index (χ0n) is 12.4. The average molecular weight is 418 g/mol. The molecule has 0 bridgehead atoms. The highest BCUT2D eigenvalue weighted by Crippen LogP contribution is 2.29. The van der Waals surface area contributed by atoms with E-state index in [4.69, 9.17) is 4.43 Å². The molecule has 0 spiro atoms. The Labute approximate surface area is 147 Å². The van der Waals surface area contributed by atoms with Crippen LogP contribution in [0.15, 0.2) is 82.6 Å². The van der Waals surface area contributed by atoms with Gasteiger partial charge in [0.1, 0.15) is 0 Å². The third-order valence-electron chi connectivity index (χ3n) is 4.10. The topological polar surface area (TPSA) is 9.23 Å². The minimum absolute atomic E-state index is 0.200. The SMILES string of the molecule is C=C[Si](OC1CCC=C1I)(c1ccccc1)c1ccccc1. The molecule has 2 aromatic carbocycles. The largest absolute Gasteiger partial charge is 0.397 e. The molecule has 0 amide bonds. The van der Waals surface area contributed by atoms with Gasteiger partial charge in [-0.05, 0) is 45.8 Å². The summed E-state index contributed by atoms with van der Waals surface area (Å²) in [5, 5.41) is 2.51. The maximum absolute atomic E-state index is 6.78. The minimum Gasteiger partial charge on any atom is -0.397 e. The van der Waals surface area contributed by atoms with Crippen LogP contribution in [-0.4, -0.2) is 14.4 Å². The maximum Gasteiger partial charge on any atom is 0.280 e. The predicted molar refractivity (Wildman–Crippen MR) is 104 cm³/mol. The van der Waals surface area contributed by atoms with Crippen molar-refractivity contribution in [1.82, 2.24) is 0 Å². The van der Waals surface area contributed by atoms with E-state index in [0.29, 0.717) is 0 Å². The van der Waals surface area contributed by atoms with Gasteiger partial charge in [-0.1, -0.05) is 72.4 Å². The lowest BCUT2D eigenvalue weighted by atomic mass is 10.3. The lowest BCUT2D eigenvalue weighted by molar-refractivity contribution is 0.249. The monoisotopic (exact) mass is 418 g/mol. The van der Waals surface area contributed by atoms with Gasteiger partial charge in [0.25, 0.3) is 8.32 Å². The van der Waals surface area contributed by atoms with E-state index < -0.39 is 8.32 Å². The average Bonchev–Trinajstić information content (AvgIpc) is 2.99. The molecule has 1 aliphatic carbocycles. The lowest BCUT2D eigenvalue weighted by Crippen LogP contribution is -2.61. The molecule has 0 heterocycles. The van der Waals surface area contributed by atoms with Gasteiger partial charge in [0.05, 0.1) is 6.10 Å². The van der Waals surface area contributed by atoms with E-state index in [-0.39, 0.29) is 6.10 Å². The van der Waals surface area contributed by atoms with Crippen molar-refractivity contribution in [2.75, 3.05) is 0 Å². The fourth-order valence-corrected chi connectivity index (χ4v) is 7.17. The van der Waals surface area contributed by atoms with E-state index in [1.54, 1.807) is 0 Å². The van der Waals surface area contributed by atoms with E-state index in [1.165, 1.54) is 14.0 Å². The highest BCUT2D eigenvalue weighted by Gasteiger charge is 2.40. The summed E-state index contributed by atoms with van der Waals surface area (Å²) < 4.78 is 8.10. The fraction of sp³-hybridized carbons (Fsp3) is 0.158. The zero-order valence-corrected chi connectivity index (χ0v) is 15.6. The van der Waals surface area contributed by atoms with Crippen LogP contribution >= 0.6 is 22.6 Å². The lowest BCUT2D eigenvalue weighted by Gasteiger charge is -2.32. The molecule has 0 aliphatic heterocycles. The van der Waals surface area contributed by atoms with Gasteiger partial charge >= 0.3 is 0 Å². The van der Waals surface area contributed by atoms with E-state index in [9.17, 15) is 0 Å². The number of hydrogen-bond donors (Lipinski definition) is 0. The van der Waals surface area contributed by atoms with Crippen LogP contribution in [0.5, 0.6) is 0 Å². The van der Waals surface area contributed by atoms with Gasteiger partial charge in [-0.15, -0.1) is 6.58 Å². The van der Waals surface area contributed by atoms with Gasteiger partial charge in [-0.3, -0.25) is 0 Å². The summed E-state index contributed by atoms with van der Waals surface area (Å²) in [6.07, 6.45) is 4.66. The molecule has 3 rings (SSSR count). The second kappa shape index (κ2) is 6.94. The van der Waals surface area contributed by atoms with E-state index in [1.807, 2.05) is 0 Å². The van der Waals surface area contributed by atoms with Gasteiger partial charge in [-0.25, -0.2) is 0 Å². The summed E-state index contributed by atoms with van der Waals surface area (Å²) in [5.74, 6) is 0. The van der Waals surface area contributed by atoms with Crippen molar-refractivity contribution >= 4 is 41.3 Å². The van der Waals surface area contributed by atoms with Crippen molar-refractivity contribution in [3.63, 3.8) is 0 Å². The Bertz CT molecular complexity index is 627. The summed E-state index contributed by atoms with van der Waals surface area (Å²) in [6, 6.07) is 21.1. The summed E-state index contributed by atoms with van der Waals surface area (Å²) in [7, 11) is -2.41. The van der Waals surface area contributed by atoms with Crippen LogP contribution in [0.25, 0.3) is 0 Å². The second-order valence-electron chi connectivity index (χ2n) is 5.44. The standard InChI is InChI=1S/C19H19IOSi/c1-2-22(16-10-5-3-6-11-16,17-12-7-4-8-13-17)21-19-15-9-14-18(19)20/h2-8,10-14,19H,1,9,15H2. The van der Waals surface area contributed by atoms with Crippen molar-refractivity contribution in [2.24, 2.45) is 0 Å². The molecule has 1 nitrogen and oxygen atoms in total. The van der Waals surface area contributed by atoms with Gasteiger partial charge in [0.2, 0.25) is 0 Å². The van der Waals surface area contributed by atoms with Crippen molar-refractivity contribution in [3.8, 4) is 0 Å². The molecular weight excluding hydrogens is 399 g/mol. The Morgan fingerprint density at radius 1 is 1.00 bits per heavy atom. The molecule has 0 radical (unpaired) electrons. The van der Waals surface area contributed by atoms with Gasteiger partial charge in [0.15, 0.2) is 0 Å². The molecular formula is C19H19IOSi. The first kappa shape index (κ1) is 15.7. The van der Waals surface area contributed by atoms with E-state index >= 15 is 0 Å². The molecule has 2 aromatic rings. The first-order valence-electron chi connectivity index (χ1n) is 7.54. The molecule has 0 aromatic heterocycles. The smallest absolute Gasteiger partial charge is 0.280 e. The Kier molecular flexibility index (Phi) is 4.95.